The number of carbonyl (C=O) groups is 1. The molecule has 4 N–H and O–H groups in total. The highest BCUT2D eigenvalue weighted by atomic mass is 19.2. The van der Waals surface area contributed by atoms with Crippen LogP contribution in [0.4, 0.5) is 8.78 Å². The molecule has 0 spiro atoms. The van der Waals surface area contributed by atoms with Gasteiger partial charge >= 0.3 is 0 Å². The lowest BCUT2D eigenvalue weighted by Gasteiger charge is -2.28. The molecule has 0 saturated heterocycles. The van der Waals surface area contributed by atoms with Gasteiger partial charge in [-0.2, -0.15) is 0 Å². The summed E-state index contributed by atoms with van der Waals surface area (Å²) in [6.07, 6.45) is 2.49. The van der Waals surface area contributed by atoms with Crippen molar-refractivity contribution in [3.05, 3.63) is 35.4 Å². The van der Waals surface area contributed by atoms with Crippen molar-refractivity contribution in [3.63, 3.8) is 0 Å². The quantitative estimate of drug-likeness (QED) is 0.342. The van der Waals surface area contributed by atoms with Gasteiger partial charge in [0.05, 0.1) is 6.42 Å². The second-order valence-corrected chi connectivity index (χ2v) is 5.21. The van der Waals surface area contributed by atoms with Crippen LogP contribution in [0.2, 0.25) is 0 Å². The summed E-state index contributed by atoms with van der Waals surface area (Å²) in [6, 6.07) is 3.68. The zero-order chi connectivity index (χ0) is 15.5. The third-order valence-electron chi connectivity index (χ3n) is 3.82. The number of hydrogen-bond donors (Lipinski definition) is 3. The van der Waals surface area contributed by atoms with Crippen LogP contribution in [0, 0.1) is 11.6 Å². The van der Waals surface area contributed by atoms with Crippen LogP contribution >= 0.6 is 0 Å². The Morgan fingerprint density at radius 3 is 2.67 bits per heavy atom. The van der Waals surface area contributed by atoms with Crippen molar-refractivity contribution >= 4 is 11.7 Å². The van der Waals surface area contributed by atoms with E-state index in [-0.39, 0.29) is 17.8 Å². The molecule has 0 atom stereocenters. The Kier molecular flexibility index (Phi) is 4.40. The number of carbonyl (C=O) groups excluding carboxylic acids is 1. The zero-order valence-corrected chi connectivity index (χ0v) is 11.4. The molecule has 1 fully saturated rings. The molecule has 2 rings (SSSR count). The normalized spacial score (nSPS) is 17.7. The number of rotatable bonds is 4. The average Bonchev–Trinajstić information content (AvgIpc) is 2.92. The van der Waals surface area contributed by atoms with Gasteiger partial charge in [-0.1, -0.05) is 30.1 Å². The predicted molar refractivity (Wildman–Crippen MR) is 72.8 cm³/mol. The second kappa shape index (κ2) is 6.07. The summed E-state index contributed by atoms with van der Waals surface area (Å²) in [5.41, 5.74) is 4.74. The predicted octanol–water partition coefficient (Wildman–Crippen LogP) is 1.68. The van der Waals surface area contributed by atoms with E-state index < -0.39 is 23.1 Å². The maximum atomic E-state index is 13.6. The maximum absolute atomic E-state index is 13.6. The number of amides is 1. The van der Waals surface area contributed by atoms with Crippen molar-refractivity contribution < 1.29 is 18.8 Å². The molecule has 0 unspecified atom stereocenters. The molecule has 1 saturated carbocycles. The van der Waals surface area contributed by atoms with E-state index >= 15 is 0 Å². The molecule has 114 valence electrons. The van der Waals surface area contributed by atoms with Crippen LogP contribution in [0.15, 0.2) is 23.4 Å². The van der Waals surface area contributed by atoms with Gasteiger partial charge in [0, 0.05) is 5.56 Å². The largest absolute Gasteiger partial charge is 0.409 e. The number of benzene rings is 1. The van der Waals surface area contributed by atoms with Crippen molar-refractivity contribution in [2.24, 2.45) is 10.9 Å². The second-order valence-electron chi connectivity index (χ2n) is 5.21. The summed E-state index contributed by atoms with van der Waals surface area (Å²) in [6.45, 7) is 0. The highest BCUT2D eigenvalue weighted by Gasteiger charge is 2.39. The third kappa shape index (κ3) is 3.12. The molecule has 0 heterocycles. The van der Waals surface area contributed by atoms with Crippen molar-refractivity contribution in [2.45, 2.75) is 37.6 Å². The lowest BCUT2D eigenvalue weighted by atomic mass is 9.95. The Bertz CT molecular complexity index is 569. The molecule has 5 nitrogen and oxygen atoms in total. The van der Waals surface area contributed by atoms with Crippen LogP contribution in [0.1, 0.15) is 31.2 Å². The molecular formula is C14H17F2N3O2. The topological polar surface area (TPSA) is 87.7 Å². The van der Waals surface area contributed by atoms with Crippen LogP contribution < -0.4 is 11.1 Å². The highest BCUT2D eigenvalue weighted by molar-refractivity contribution is 5.94. The Hall–Kier alpha value is -2.18. The summed E-state index contributed by atoms with van der Waals surface area (Å²) in [7, 11) is 0. The number of amidine groups is 1. The molecule has 7 heteroatoms. The summed E-state index contributed by atoms with van der Waals surface area (Å²) in [5, 5.41) is 14.5. The minimum Gasteiger partial charge on any atom is -0.409 e. The van der Waals surface area contributed by atoms with E-state index in [1.807, 2.05) is 0 Å². The van der Waals surface area contributed by atoms with E-state index in [1.165, 1.54) is 12.1 Å². The van der Waals surface area contributed by atoms with Gasteiger partial charge in [-0.25, -0.2) is 8.78 Å². The maximum Gasteiger partial charge on any atom is 0.225 e. The van der Waals surface area contributed by atoms with Gasteiger partial charge in [0.2, 0.25) is 5.91 Å². The molecule has 0 bridgehead atoms. The first-order valence-electron chi connectivity index (χ1n) is 6.70. The molecule has 1 aromatic carbocycles. The Labute approximate surface area is 120 Å². The zero-order valence-electron chi connectivity index (χ0n) is 11.4. The van der Waals surface area contributed by atoms with Crippen molar-refractivity contribution in [1.29, 1.82) is 0 Å². The van der Waals surface area contributed by atoms with Crippen LogP contribution in [0.25, 0.3) is 0 Å². The lowest BCUT2D eigenvalue weighted by molar-refractivity contribution is -0.121. The van der Waals surface area contributed by atoms with Gasteiger partial charge in [-0.15, -0.1) is 0 Å². The molecular weight excluding hydrogens is 280 g/mol. The number of nitrogens with zero attached hydrogens (tertiary/aromatic N) is 1. The van der Waals surface area contributed by atoms with Gasteiger partial charge in [-0.05, 0) is 18.9 Å². The molecule has 1 aliphatic rings. The Morgan fingerprint density at radius 1 is 1.38 bits per heavy atom. The Morgan fingerprint density at radius 2 is 2.05 bits per heavy atom. The summed E-state index contributed by atoms with van der Waals surface area (Å²) >= 11 is 0. The summed E-state index contributed by atoms with van der Waals surface area (Å²) in [4.78, 5) is 12.1. The lowest BCUT2D eigenvalue weighted by Crippen LogP contribution is -2.56. The SMILES string of the molecule is N/C(=N/O)C1(NC(=O)Cc2cccc(F)c2F)CCCC1. The van der Waals surface area contributed by atoms with E-state index in [1.54, 1.807) is 0 Å². The highest BCUT2D eigenvalue weighted by Crippen LogP contribution is 2.30. The minimum atomic E-state index is -1.03. The summed E-state index contributed by atoms with van der Waals surface area (Å²) in [5.74, 6) is -2.58. The standard InChI is InChI=1S/C14H17F2N3O2/c15-10-5-3-4-9(12(10)16)8-11(20)18-14(13(17)19-21)6-1-2-7-14/h3-5,21H,1-2,6-8H2,(H2,17,19)(H,18,20). The fourth-order valence-corrected chi connectivity index (χ4v) is 2.69. The number of nitrogens with two attached hydrogens (primary N) is 1. The van der Waals surface area contributed by atoms with Gasteiger partial charge in [0.1, 0.15) is 5.54 Å². The Balaban J connectivity index is 2.12. The van der Waals surface area contributed by atoms with Crippen LogP contribution in [0.5, 0.6) is 0 Å². The van der Waals surface area contributed by atoms with Gasteiger partial charge in [0.15, 0.2) is 17.5 Å². The summed E-state index contributed by atoms with van der Waals surface area (Å²) < 4.78 is 26.7. The van der Waals surface area contributed by atoms with E-state index in [4.69, 9.17) is 10.9 Å². The smallest absolute Gasteiger partial charge is 0.225 e. The van der Waals surface area contributed by atoms with E-state index in [0.717, 1.165) is 18.9 Å². The van der Waals surface area contributed by atoms with E-state index in [2.05, 4.69) is 10.5 Å². The number of oxime groups is 1. The third-order valence-corrected chi connectivity index (χ3v) is 3.82. The molecule has 1 amide bonds. The number of halogens is 2. The van der Waals surface area contributed by atoms with Crippen molar-refractivity contribution in [3.8, 4) is 0 Å². The fourth-order valence-electron chi connectivity index (χ4n) is 2.69. The average molecular weight is 297 g/mol. The van der Waals surface area contributed by atoms with Crippen LogP contribution in [-0.4, -0.2) is 22.5 Å². The fraction of sp³-hybridized carbons (Fsp3) is 0.429. The minimum absolute atomic E-state index is 0.0276. The van der Waals surface area contributed by atoms with Crippen LogP contribution in [0.3, 0.4) is 0 Å². The molecule has 21 heavy (non-hydrogen) atoms. The number of hydrogen-bond acceptors (Lipinski definition) is 3. The first-order valence-corrected chi connectivity index (χ1v) is 6.70. The first kappa shape index (κ1) is 15.2. The van der Waals surface area contributed by atoms with Gasteiger partial charge < -0.3 is 16.3 Å². The van der Waals surface area contributed by atoms with Crippen molar-refractivity contribution in [2.75, 3.05) is 0 Å². The van der Waals surface area contributed by atoms with Gasteiger partial charge in [0.25, 0.3) is 0 Å². The van der Waals surface area contributed by atoms with Crippen molar-refractivity contribution in [1.82, 2.24) is 5.32 Å². The molecule has 1 aliphatic carbocycles. The van der Waals surface area contributed by atoms with E-state index in [0.29, 0.717) is 12.8 Å². The van der Waals surface area contributed by atoms with Gasteiger partial charge in [-0.3, -0.25) is 4.79 Å². The van der Waals surface area contributed by atoms with E-state index in [9.17, 15) is 13.6 Å². The molecule has 0 aliphatic heterocycles. The number of nitrogens with one attached hydrogen (secondary N) is 1. The molecule has 1 aromatic rings. The first-order chi connectivity index (χ1) is 9.98. The van der Waals surface area contributed by atoms with Crippen LogP contribution in [-0.2, 0) is 11.2 Å². The monoisotopic (exact) mass is 297 g/mol. The molecule has 0 radical (unpaired) electrons. The molecule has 0 aromatic heterocycles.